The molecule has 106 valence electrons. The van der Waals surface area contributed by atoms with Crippen LogP contribution < -0.4 is 5.32 Å². The van der Waals surface area contributed by atoms with Crippen LogP contribution in [0.1, 0.15) is 43.6 Å². The molecule has 3 rings (SSSR count). The lowest BCUT2D eigenvalue weighted by atomic mass is 9.73. The van der Waals surface area contributed by atoms with Gasteiger partial charge in [-0.05, 0) is 29.5 Å². The number of halogens is 1. The van der Waals surface area contributed by atoms with Crippen LogP contribution in [0.5, 0.6) is 0 Å². The van der Waals surface area contributed by atoms with Crippen LogP contribution in [0.4, 0.5) is 4.39 Å². The number of rotatable bonds is 2. The standard InChI is InChI=1S/C16H18FNO2/c17-12-7-5-11(6-8-12)15-13(10-3-1-2-4-10)9-14(19)18-16(15)20/h5-8,10,13,15H,1-4,9H2,(H,18,19,20). The minimum atomic E-state index is -0.323. The van der Waals surface area contributed by atoms with E-state index in [1.54, 1.807) is 12.1 Å². The van der Waals surface area contributed by atoms with Gasteiger partial charge in [0.05, 0.1) is 5.92 Å². The Morgan fingerprint density at radius 3 is 2.35 bits per heavy atom. The fourth-order valence-electron chi connectivity index (χ4n) is 3.69. The molecule has 1 saturated heterocycles. The summed E-state index contributed by atoms with van der Waals surface area (Å²) in [6.07, 6.45) is 4.92. The molecule has 1 aromatic carbocycles. The second-order valence-corrected chi connectivity index (χ2v) is 5.85. The summed E-state index contributed by atoms with van der Waals surface area (Å²) in [6, 6.07) is 6.09. The molecule has 2 amide bonds. The van der Waals surface area contributed by atoms with Gasteiger partial charge in [-0.3, -0.25) is 14.9 Å². The molecule has 0 spiro atoms. The van der Waals surface area contributed by atoms with Crippen LogP contribution in [0.2, 0.25) is 0 Å². The maximum atomic E-state index is 13.1. The van der Waals surface area contributed by atoms with Gasteiger partial charge in [-0.2, -0.15) is 0 Å². The van der Waals surface area contributed by atoms with Gasteiger partial charge in [0, 0.05) is 6.42 Å². The maximum absolute atomic E-state index is 13.1. The molecule has 4 heteroatoms. The normalized spacial score (nSPS) is 27.6. The van der Waals surface area contributed by atoms with Crippen molar-refractivity contribution in [1.29, 1.82) is 0 Å². The van der Waals surface area contributed by atoms with Crippen LogP contribution in [0, 0.1) is 17.7 Å². The molecule has 0 aromatic heterocycles. The van der Waals surface area contributed by atoms with E-state index in [0.29, 0.717) is 12.3 Å². The fraction of sp³-hybridized carbons (Fsp3) is 0.500. The Labute approximate surface area is 117 Å². The average Bonchev–Trinajstić information content (AvgIpc) is 2.93. The topological polar surface area (TPSA) is 46.2 Å². The third kappa shape index (κ3) is 2.47. The summed E-state index contributed by atoms with van der Waals surface area (Å²) < 4.78 is 13.1. The van der Waals surface area contributed by atoms with Crippen molar-refractivity contribution in [1.82, 2.24) is 5.32 Å². The van der Waals surface area contributed by atoms with Crippen molar-refractivity contribution in [2.24, 2.45) is 11.8 Å². The molecule has 20 heavy (non-hydrogen) atoms. The first-order valence-corrected chi connectivity index (χ1v) is 7.24. The summed E-state index contributed by atoms with van der Waals surface area (Å²) >= 11 is 0. The maximum Gasteiger partial charge on any atom is 0.234 e. The lowest BCUT2D eigenvalue weighted by Gasteiger charge is -2.34. The number of imide groups is 1. The summed E-state index contributed by atoms with van der Waals surface area (Å²) in [7, 11) is 0. The van der Waals surface area contributed by atoms with E-state index in [0.717, 1.165) is 18.4 Å². The van der Waals surface area contributed by atoms with Crippen molar-refractivity contribution in [3.63, 3.8) is 0 Å². The lowest BCUT2D eigenvalue weighted by molar-refractivity contribution is -0.137. The molecule has 1 aliphatic heterocycles. The van der Waals surface area contributed by atoms with Crippen LogP contribution in [0.25, 0.3) is 0 Å². The van der Waals surface area contributed by atoms with Gasteiger partial charge in [-0.25, -0.2) is 4.39 Å². The Balaban J connectivity index is 1.92. The molecule has 2 aliphatic rings. The predicted molar refractivity (Wildman–Crippen MR) is 72.4 cm³/mol. The quantitative estimate of drug-likeness (QED) is 0.844. The third-order valence-corrected chi connectivity index (χ3v) is 4.63. The molecule has 1 saturated carbocycles. The molecule has 1 N–H and O–H groups in total. The van der Waals surface area contributed by atoms with E-state index >= 15 is 0 Å². The number of carbonyl (C=O) groups excluding carboxylic acids is 2. The number of hydrogen-bond acceptors (Lipinski definition) is 2. The fourth-order valence-corrected chi connectivity index (χ4v) is 3.69. The van der Waals surface area contributed by atoms with Crippen LogP contribution in [0.15, 0.2) is 24.3 Å². The van der Waals surface area contributed by atoms with Crippen molar-refractivity contribution in [3.05, 3.63) is 35.6 Å². The van der Waals surface area contributed by atoms with Gasteiger partial charge in [-0.1, -0.05) is 37.8 Å². The SMILES string of the molecule is O=C1CC(C2CCCC2)C(c2ccc(F)cc2)C(=O)N1. The molecule has 0 bridgehead atoms. The van der Waals surface area contributed by atoms with Gasteiger partial charge in [-0.15, -0.1) is 0 Å². The van der Waals surface area contributed by atoms with Gasteiger partial charge in [0.2, 0.25) is 11.8 Å². The molecular formula is C16H18FNO2. The van der Waals surface area contributed by atoms with E-state index in [-0.39, 0.29) is 29.5 Å². The summed E-state index contributed by atoms with van der Waals surface area (Å²) in [6.45, 7) is 0. The lowest BCUT2D eigenvalue weighted by Crippen LogP contribution is -2.46. The van der Waals surface area contributed by atoms with Gasteiger partial charge >= 0.3 is 0 Å². The van der Waals surface area contributed by atoms with Crippen molar-refractivity contribution < 1.29 is 14.0 Å². The Kier molecular flexibility index (Phi) is 3.55. The predicted octanol–water partition coefficient (Wildman–Crippen LogP) is 2.76. The zero-order chi connectivity index (χ0) is 14.1. The minimum Gasteiger partial charge on any atom is -0.296 e. The second-order valence-electron chi connectivity index (χ2n) is 5.85. The van der Waals surface area contributed by atoms with Gasteiger partial charge in [0.25, 0.3) is 0 Å². The number of nitrogens with one attached hydrogen (secondary N) is 1. The van der Waals surface area contributed by atoms with E-state index in [1.807, 2.05) is 0 Å². The van der Waals surface area contributed by atoms with Gasteiger partial charge in [0.15, 0.2) is 0 Å². The molecular weight excluding hydrogens is 257 g/mol. The Hall–Kier alpha value is -1.71. The van der Waals surface area contributed by atoms with Gasteiger partial charge < -0.3 is 0 Å². The minimum absolute atomic E-state index is 0.0595. The summed E-state index contributed by atoms with van der Waals surface area (Å²) in [5, 5.41) is 2.42. The Morgan fingerprint density at radius 2 is 1.70 bits per heavy atom. The van der Waals surface area contributed by atoms with Crippen molar-refractivity contribution in [2.45, 2.75) is 38.0 Å². The molecule has 1 aromatic rings. The van der Waals surface area contributed by atoms with Crippen LogP contribution >= 0.6 is 0 Å². The monoisotopic (exact) mass is 275 g/mol. The Bertz CT molecular complexity index is 520. The molecule has 2 fully saturated rings. The Morgan fingerprint density at radius 1 is 1.05 bits per heavy atom. The van der Waals surface area contributed by atoms with Crippen molar-refractivity contribution in [3.8, 4) is 0 Å². The van der Waals surface area contributed by atoms with E-state index < -0.39 is 0 Å². The first-order valence-electron chi connectivity index (χ1n) is 7.24. The highest BCUT2D eigenvalue weighted by atomic mass is 19.1. The number of piperidine rings is 1. The number of hydrogen-bond donors (Lipinski definition) is 1. The van der Waals surface area contributed by atoms with Gasteiger partial charge in [0.1, 0.15) is 5.82 Å². The molecule has 1 aliphatic carbocycles. The largest absolute Gasteiger partial charge is 0.296 e. The van der Waals surface area contributed by atoms with Crippen molar-refractivity contribution >= 4 is 11.8 Å². The van der Waals surface area contributed by atoms with E-state index in [9.17, 15) is 14.0 Å². The highest BCUT2D eigenvalue weighted by Crippen LogP contribution is 2.42. The molecule has 0 radical (unpaired) electrons. The molecule has 3 nitrogen and oxygen atoms in total. The van der Waals surface area contributed by atoms with Crippen LogP contribution in [0.3, 0.4) is 0 Å². The number of benzene rings is 1. The smallest absolute Gasteiger partial charge is 0.234 e. The summed E-state index contributed by atoms with van der Waals surface area (Å²) in [5.74, 6) is -0.547. The van der Waals surface area contributed by atoms with Crippen LogP contribution in [-0.2, 0) is 9.59 Å². The van der Waals surface area contributed by atoms with Crippen LogP contribution in [-0.4, -0.2) is 11.8 Å². The third-order valence-electron chi connectivity index (χ3n) is 4.63. The molecule has 2 unspecified atom stereocenters. The highest BCUT2D eigenvalue weighted by Gasteiger charge is 2.41. The zero-order valence-electron chi connectivity index (χ0n) is 11.3. The zero-order valence-corrected chi connectivity index (χ0v) is 11.3. The van der Waals surface area contributed by atoms with E-state index in [2.05, 4.69) is 5.32 Å². The summed E-state index contributed by atoms with van der Waals surface area (Å²) in [5.41, 5.74) is 0.813. The van der Waals surface area contributed by atoms with Crippen molar-refractivity contribution in [2.75, 3.05) is 0 Å². The van der Waals surface area contributed by atoms with E-state index in [4.69, 9.17) is 0 Å². The first-order chi connectivity index (χ1) is 9.65. The number of carbonyl (C=O) groups is 2. The first kappa shape index (κ1) is 13.3. The highest BCUT2D eigenvalue weighted by molar-refractivity contribution is 6.01. The van der Waals surface area contributed by atoms with E-state index in [1.165, 1.54) is 25.0 Å². The summed E-state index contributed by atoms with van der Waals surface area (Å²) in [4.78, 5) is 23.9. The second kappa shape index (κ2) is 5.35. The average molecular weight is 275 g/mol. The number of amides is 2. The molecule has 2 atom stereocenters. The molecule has 1 heterocycles.